The van der Waals surface area contributed by atoms with E-state index < -0.39 is 0 Å². The fourth-order valence-corrected chi connectivity index (χ4v) is 2.75. The molecule has 1 aliphatic heterocycles. The monoisotopic (exact) mass is 260 g/mol. The molecule has 0 aliphatic carbocycles. The molecular formula is C15H20N2S. The van der Waals surface area contributed by atoms with Gasteiger partial charge in [-0.3, -0.25) is 0 Å². The summed E-state index contributed by atoms with van der Waals surface area (Å²) in [4.78, 5) is 6.21. The second kappa shape index (κ2) is 6.69. The molecule has 0 spiro atoms. The molecule has 0 unspecified atom stereocenters. The predicted octanol–water partition coefficient (Wildman–Crippen LogP) is 3.22. The van der Waals surface area contributed by atoms with E-state index in [-0.39, 0.29) is 0 Å². The summed E-state index contributed by atoms with van der Waals surface area (Å²) in [6.45, 7) is 11.6. The number of hydrogen-bond acceptors (Lipinski definition) is 3. The Hall–Kier alpha value is -1.15. The number of nitrogens with zero attached hydrogens (tertiary/aromatic N) is 2. The van der Waals surface area contributed by atoms with E-state index in [0.717, 1.165) is 19.6 Å². The summed E-state index contributed by atoms with van der Waals surface area (Å²) in [5.41, 5.74) is 4.12. The van der Waals surface area contributed by atoms with Gasteiger partial charge in [-0.2, -0.15) is 0 Å². The molecule has 1 fully saturated rings. The second-order valence-electron chi connectivity index (χ2n) is 4.36. The van der Waals surface area contributed by atoms with Gasteiger partial charge in [0.05, 0.1) is 0 Å². The first-order valence-electron chi connectivity index (χ1n) is 6.42. The summed E-state index contributed by atoms with van der Waals surface area (Å²) in [6.07, 6.45) is 0. The van der Waals surface area contributed by atoms with Crippen molar-refractivity contribution in [2.75, 3.05) is 37.6 Å². The van der Waals surface area contributed by atoms with E-state index in [1.54, 1.807) is 11.8 Å². The number of anilines is 1. The lowest BCUT2D eigenvalue weighted by Crippen LogP contribution is -2.46. The Morgan fingerprint density at radius 3 is 2.78 bits per heavy atom. The van der Waals surface area contributed by atoms with Crippen molar-refractivity contribution in [1.82, 2.24) is 4.90 Å². The van der Waals surface area contributed by atoms with Crippen LogP contribution in [0, 0.1) is 0 Å². The van der Waals surface area contributed by atoms with Crippen LogP contribution in [0.15, 0.2) is 46.9 Å². The van der Waals surface area contributed by atoms with Crippen LogP contribution in [0.25, 0.3) is 0 Å². The summed E-state index contributed by atoms with van der Waals surface area (Å²) in [5, 5.41) is 1.90. The minimum Gasteiger partial charge on any atom is -0.369 e. The van der Waals surface area contributed by atoms with Crippen molar-refractivity contribution in [3.63, 3.8) is 0 Å². The van der Waals surface area contributed by atoms with Crippen LogP contribution in [-0.2, 0) is 0 Å². The zero-order valence-corrected chi connectivity index (χ0v) is 11.7. The first kappa shape index (κ1) is 13.3. The maximum Gasteiger partial charge on any atom is 0.0378 e. The molecular weight excluding hydrogens is 240 g/mol. The molecule has 1 aromatic carbocycles. The Kier molecular flexibility index (Phi) is 4.94. The van der Waals surface area contributed by atoms with Crippen molar-refractivity contribution in [2.24, 2.45) is 0 Å². The van der Waals surface area contributed by atoms with Crippen LogP contribution in [0.1, 0.15) is 6.92 Å². The predicted molar refractivity (Wildman–Crippen MR) is 80.3 cm³/mol. The largest absolute Gasteiger partial charge is 0.369 e. The van der Waals surface area contributed by atoms with Crippen LogP contribution in [0.2, 0.25) is 0 Å². The molecule has 0 aromatic heterocycles. The van der Waals surface area contributed by atoms with Gasteiger partial charge in [0.25, 0.3) is 0 Å². The van der Waals surface area contributed by atoms with Crippen molar-refractivity contribution >= 4 is 17.4 Å². The van der Waals surface area contributed by atoms with Crippen molar-refractivity contribution < 1.29 is 0 Å². The third-order valence-electron chi connectivity index (χ3n) is 3.28. The number of likely N-dealkylation sites (N-methyl/N-ethyl adjacent to an activating group) is 1. The first-order chi connectivity index (χ1) is 8.83. The SMILES string of the molecule is C=C=CSc1cccc(N2CCN(CC)CC2)c1. The van der Waals surface area contributed by atoms with Gasteiger partial charge in [-0.05, 0) is 24.7 Å². The Morgan fingerprint density at radius 2 is 2.11 bits per heavy atom. The fourth-order valence-electron chi connectivity index (χ4n) is 2.19. The van der Waals surface area contributed by atoms with E-state index in [1.807, 2.05) is 5.41 Å². The van der Waals surface area contributed by atoms with Gasteiger partial charge in [0, 0.05) is 42.2 Å². The molecule has 1 saturated heterocycles. The highest BCUT2D eigenvalue weighted by Crippen LogP contribution is 2.25. The van der Waals surface area contributed by atoms with Gasteiger partial charge >= 0.3 is 0 Å². The molecule has 2 rings (SSSR count). The van der Waals surface area contributed by atoms with Crippen LogP contribution in [0.4, 0.5) is 5.69 Å². The van der Waals surface area contributed by atoms with E-state index in [1.165, 1.54) is 23.7 Å². The normalized spacial score (nSPS) is 16.4. The van der Waals surface area contributed by atoms with Crippen LogP contribution < -0.4 is 4.90 Å². The summed E-state index contributed by atoms with van der Waals surface area (Å²) in [5.74, 6) is 0. The molecule has 96 valence electrons. The van der Waals surface area contributed by atoms with Crippen LogP contribution >= 0.6 is 11.8 Å². The number of benzene rings is 1. The lowest BCUT2D eigenvalue weighted by Gasteiger charge is -2.35. The zero-order chi connectivity index (χ0) is 12.8. The highest BCUT2D eigenvalue weighted by molar-refractivity contribution is 8.02. The molecule has 2 nitrogen and oxygen atoms in total. The van der Waals surface area contributed by atoms with Gasteiger partial charge in [0.15, 0.2) is 0 Å². The number of piperazine rings is 1. The Balaban J connectivity index is 2.02. The van der Waals surface area contributed by atoms with E-state index in [2.05, 4.69) is 53.3 Å². The Bertz CT molecular complexity index is 430. The highest BCUT2D eigenvalue weighted by Gasteiger charge is 2.15. The average Bonchev–Trinajstić information content (AvgIpc) is 2.45. The Morgan fingerprint density at radius 1 is 1.33 bits per heavy atom. The lowest BCUT2D eigenvalue weighted by molar-refractivity contribution is 0.271. The maximum absolute atomic E-state index is 3.59. The average molecular weight is 260 g/mol. The van der Waals surface area contributed by atoms with Crippen molar-refractivity contribution in [3.8, 4) is 0 Å². The topological polar surface area (TPSA) is 6.48 Å². The molecule has 3 heteroatoms. The molecule has 0 N–H and O–H groups in total. The summed E-state index contributed by atoms with van der Waals surface area (Å²) in [6, 6.07) is 8.70. The van der Waals surface area contributed by atoms with Gasteiger partial charge in [0.1, 0.15) is 0 Å². The number of hydrogen-bond donors (Lipinski definition) is 0. The van der Waals surface area contributed by atoms with E-state index in [0.29, 0.717) is 0 Å². The molecule has 0 radical (unpaired) electrons. The van der Waals surface area contributed by atoms with Gasteiger partial charge in [-0.25, -0.2) is 0 Å². The third kappa shape index (κ3) is 3.42. The zero-order valence-electron chi connectivity index (χ0n) is 10.9. The highest BCUT2D eigenvalue weighted by atomic mass is 32.2. The maximum atomic E-state index is 3.59. The van der Waals surface area contributed by atoms with Gasteiger partial charge < -0.3 is 9.80 Å². The third-order valence-corrected chi connectivity index (χ3v) is 4.09. The van der Waals surface area contributed by atoms with Crippen molar-refractivity contribution in [2.45, 2.75) is 11.8 Å². The molecule has 1 aromatic rings. The van der Waals surface area contributed by atoms with Crippen molar-refractivity contribution in [3.05, 3.63) is 42.0 Å². The smallest absolute Gasteiger partial charge is 0.0378 e. The molecule has 1 aliphatic rings. The van der Waals surface area contributed by atoms with E-state index in [9.17, 15) is 0 Å². The van der Waals surface area contributed by atoms with Gasteiger partial charge in [-0.1, -0.05) is 31.3 Å². The first-order valence-corrected chi connectivity index (χ1v) is 7.29. The standard InChI is InChI=1S/C15H20N2S/c1-3-12-18-15-7-5-6-14(13-15)17-10-8-16(4-2)9-11-17/h5-7,12-13H,1,4,8-11H2,2H3. The quantitative estimate of drug-likeness (QED) is 0.606. The fraction of sp³-hybridized carbons (Fsp3) is 0.400. The number of rotatable bonds is 4. The number of thioether (sulfide) groups is 1. The van der Waals surface area contributed by atoms with Gasteiger partial charge in [-0.15, -0.1) is 5.73 Å². The minimum atomic E-state index is 1.12. The molecule has 0 amide bonds. The van der Waals surface area contributed by atoms with E-state index >= 15 is 0 Å². The van der Waals surface area contributed by atoms with Crippen LogP contribution in [0.5, 0.6) is 0 Å². The van der Waals surface area contributed by atoms with Crippen LogP contribution in [0.3, 0.4) is 0 Å². The molecule has 1 heterocycles. The van der Waals surface area contributed by atoms with Crippen molar-refractivity contribution in [1.29, 1.82) is 0 Å². The van der Waals surface area contributed by atoms with E-state index in [4.69, 9.17) is 0 Å². The Labute approximate surface area is 114 Å². The lowest BCUT2D eigenvalue weighted by atomic mass is 10.2. The summed E-state index contributed by atoms with van der Waals surface area (Å²) < 4.78 is 0. The molecule has 0 saturated carbocycles. The molecule has 0 atom stereocenters. The van der Waals surface area contributed by atoms with Gasteiger partial charge in [0.2, 0.25) is 0 Å². The van der Waals surface area contributed by atoms with Crippen LogP contribution in [-0.4, -0.2) is 37.6 Å². The molecule has 0 bridgehead atoms. The second-order valence-corrected chi connectivity index (χ2v) is 5.30. The summed E-state index contributed by atoms with van der Waals surface area (Å²) >= 11 is 1.67. The summed E-state index contributed by atoms with van der Waals surface area (Å²) in [7, 11) is 0. The minimum absolute atomic E-state index is 1.12. The molecule has 18 heavy (non-hydrogen) atoms.